The summed E-state index contributed by atoms with van der Waals surface area (Å²) in [6.07, 6.45) is 1.90. The molecule has 8 nitrogen and oxygen atoms in total. The molecule has 1 aromatic heterocycles. The van der Waals surface area contributed by atoms with E-state index in [9.17, 15) is 13.2 Å². The Hall–Kier alpha value is -1.71. The van der Waals surface area contributed by atoms with Gasteiger partial charge in [0.1, 0.15) is 5.82 Å². The van der Waals surface area contributed by atoms with Crippen molar-refractivity contribution in [3.63, 3.8) is 0 Å². The fraction of sp³-hybridized carbons (Fsp3) is 0.500. The molecule has 1 heterocycles. The highest BCUT2D eigenvalue weighted by Gasteiger charge is 2.10. The molecule has 0 saturated carbocycles. The average Bonchev–Trinajstić information content (AvgIpc) is 2.42. The van der Waals surface area contributed by atoms with Crippen molar-refractivity contribution in [2.45, 2.75) is 26.2 Å². The van der Waals surface area contributed by atoms with Crippen molar-refractivity contribution in [3.8, 4) is 0 Å². The molecule has 1 rings (SSSR count). The molecular formula is C12H21N5O3S. The van der Waals surface area contributed by atoms with Crippen molar-refractivity contribution in [1.29, 1.82) is 0 Å². The van der Waals surface area contributed by atoms with Crippen molar-refractivity contribution >= 4 is 21.7 Å². The van der Waals surface area contributed by atoms with Crippen LogP contribution in [0.25, 0.3) is 0 Å². The number of nitrogens with two attached hydrogens (primary N) is 2. The van der Waals surface area contributed by atoms with Crippen LogP contribution in [0.1, 0.15) is 35.8 Å². The van der Waals surface area contributed by atoms with E-state index in [0.717, 1.165) is 18.5 Å². The van der Waals surface area contributed by atoms with Gasteiger partial charge in [0.25, 0.3) is 5.91 Å². The number of hydrogen-bond donors (Lipinski definition) is 4. The Balaban J connectivity index is 2.66. The predicted molar refractivity (Wildman–Crippen MR) is 81.0 cm³/mol. The van der Waals surface area contributed by atoms with Crippen LogP contribution < -0.4 is 21.7 Å². The van der Waals surface area contributed by atoms with Crippen molar-refractivity contribution in [2.24, 2.45) is 11.0 Å². The third-order valence-corrected chi connectivity index (χ3v) is 3.54. The molecule has 0 aromatic carbocycles. The Morgan fingerprint density at radius 1 is 1.38 bits per heavy atom. The minimum atomic E-state index is -3.50. The zero-order valence-electron chi connectivity index (χ0n) is 11.9. The Kier molecular flexibility index (Phi) is 6.53. The highest BCUT2D eigenvalue weighted by molar-refractivity contribution is 7.89. The Morgan fingerprint density at radius 2 is 2.10 bits per heavy atom. The number of carbonyl (C=O) groups excluding carboxylic acids is 1. The first-order valence-electron chi connectivity index (χ1n) is 6.62. The molecule has 21 heavy (non-hydrogen) atoms. The monoisotopic (exact) mass is 315 g/mol. The number of aromatic nitrogens is 1. The fourth-order valence-corrected chi connectivity index (χ4v) is 2.30. The van der Waals surface area contributed by atoms with E-state index < -0.39 is 10.0 Å². The highest BCUT2D eigenvalue weighted by atomic mass is 32.2. The molecule has 0 unspecified atom stereocenters. The lowest BCUT2D eigenvalue weighted by molar-refractivity contribution is 0.0953. The van der Waals surface area contributed by atoms with Crippen molar-refractivity contribution in [1.82, 2.24) is 10.3 Å². The molecule has 6 N–H and O–H groups in total. The summed E-state index contributed by atoms with van der Waals surface area (Å²) < 4.78 is 21.6. The van der Waals surface area contributed by atoms with Gasteiger partial charge in [-0.3, -0.25) is 4.79 Å². The molecule has 1 aromatic rings. The number of hydrogen-bond acceptors (Lipinski definition) is 6. The minimum absolute atomic E-state index is 0.166. The number of pyridine rings is 1. The molecule has 0 saturated heterocycles. The summed E-state index contributed by atoms with van der Waals surface area (Å²) in [5, 5.41) is 7.52. The maximum Gasteiger partial charge on any atom is 0.251 e. The first-order chi connectivity index (χ1) is 9.85. The number of hydrazine groups is 1. The number of primary sulfonamides is 1. The molecular weight excluding hydrogens is 294 g/mol. The van der Waals surface area contributed by atoms with Gasteiger partial charge in [0.2, 0.25) is 10.0 Å². The van der Waals surface area contributed by atoms with Crippen LogP contribution in [0, 0.1) is 0 Å². The first-order valence-corrected chi connectivity index (χ1v) is 8.33. The quantitative estimate of drug-likeness (QED) is 0.296. The van der Waals surface area contributed by atoms with Gasteiger partial charge < -0.3 is 10.7 Å². The molecule has 0 bridgehead atoms. The van der Waals surface area contributed by atoms with Gasteiger partial charge in [0.15, 0.2) is 0 Å². The van der Waals surface area contributed by atoms with E-state index in [1.165, 1.54) is 6.07 Å². The predicted octanol–water partition coefficient (Wildman–Crippen LogP) is -0.272. The molecule has 118 valence electrons. The van der Waals surface area contributed by atoms with Crippen molar-refractivity contribution in [2.75, 3.05) is 17.7 Å². The summed E-state index contributed by atoms with van der Waals surface area (Å²) in [6.45, 7) is 2.24. The van der Waals surface area contributed by atoms with Gasteiger partial charge in [-0.15, -0.1) is 0 Å². The summed E-state index contributed by atoms with van der Waals surface area (Å²) in [5.74, 6) is 5.27. The zero-order chi connectivity index (χ0) is 15.9. The summed E-state index contributed by atoms with van der Waals surface area (Å²) in [7, 11) is -3.50. The number of carbonyl (C=O) groups is 1. The number of sulfonamides is 1. The molecule has 0 atom stereocenters. The molecule has 0 aliphatic carbocycles. The van der Waals surface area contributed by atoms with Crippen LogP contribution in [-0.4, -0.2) is 31.6 Å². The Morgan fingerprint density at radius 3 is 2.67 bits per heavy atom. The largest absolute Gasteiger partial charge is 0.352 e. The highest BCUT2D eigenvalue weighted by Crippen LogP contribution is 2.11. The number of nitrogens with zero attached hydrogens (tertiary/aromatic N) is 1. The topological polar surface area (TPSA) is 140 Å². The molecule has 1 amide bonds. The summed E-state index contributed by atoms with van der Waals surface area (Å²) in [6, 6.07) is 3.23. The van der Waals surface area contributed by atoms with E-state index in [0.29, 0.717) is 11.4 Å². The van der Waals surface area contributed by atoms with Gasteiger partial charge in [-0.25, -0.2) is 24.4 Å². The third kappa shape index (κ3) is 6.52. The van der Waals surface area contributed by atoms with Crippen LogP contribution in [0.4, 0.5) is 5.82 Å². The molecule has 0 aliphatic rings. The summed E-state index contributed by atoms with van der Waals surface area (Å²) >= 11 is 0. The second kappa shape index (κ2) is 7.91. The van der Waals surface area contributed by atoms with Crippen LogP contribution in [0.15, 0.2) is 12.1 Å². The van der Waals surface area contributed by atoms with E-state index in [1.807, 2.05) is 6.92 Å². The van der Waals surface area contributed by atoms with Gasteiger partial charge in [-0.2, -0.15) is 0 Å². The number of amides is 1. The summed E-state index contributed by atoms with van der Waals surface area (Å²) in [4.78, 5) is 16.2. The molecule has 0 aliphatic heterocycles. The second-order valence-corrected chi connectivity index (χ2v) is 6.34. The Labute approximate surface area is 124 Å². The van der Waals surface area contributed by atoms with E-state index in [4.69, 9.17) is 11.0 Å². The smallest absolute Gasteiger partial charge is 0.251 e. The Bertz CT molecular complexity index is 589. The van der Waals surface area contributed by atoms with Gasteiger partial charge in [0, 0.05) is 17.8 Å². The molecule has 9 heteroatoms. The molecule has 0 radical (unpaired) electrons. The zero-order valence-corrected chi connectivity index (χ0v) is 12.7. The van der Waals surface area contributed by atoms with Gasteiger partial charge >= 0.3 is 0 Å². The lowest BCUT2D eigenvalue weighted by Gasteiger charge is -2.09. The van der Waals surface area contributed by atoms with Crippen molar-refractivity contribution in [3.05, 3.63) is 23.4 Å². The number of nitrogen functional groups attached to an aromatic ring is 1. The molecule has 0 spiro atoms. The van der Waals surface area contributed by atoms with Gasteiger partial charge in [0.05, 0.1) is 5.75 Å². The lowest BCUT2D eigenvalue weighted by Crippen LogP contribution is -2.27. The SMILES string of the molecule is CCCc1cc(C(=O)NCCCS(N)(=O)=O)cc(NN)n1. The van der Waals surface area contributed by atoms with Crippen molar-refractivity contribution < 1.29 is 13.2 Å². The normalized spacial score (nSPS) is 11.2. The van der Waals surface area contributed by atoms with E-state index in [1.54, 1.807) is 6.07 Å². The maximum atomic E-state index is 12.0. The van der Waals surface area contributed by atoms with E-state index >= 15 is 0 Å². The minimum Gasteiger partial charge on any atom is -0.352 e. The molecule has 0 fully saturated rings. The van der Waals surface area contributed by atoms with Crippen LogP contribution in [0.3, 0.4) is 0 Å². The lowest BCUT2D eigenvalue weighted by atomic mass is 10.1. The number of anilines is 1. The summed E-state index contributed by atoms with van der Waals surface area (Å²) in [5.41, 5.74) is 3.62. The van der Waals surface area contributed by atoms with Gasteiger partial charge in [-0.05, 0) is 25.0 Å². The number of rotatable bonds is 8. The standard InChI is InChI=1S/C12H21N5O3S/c1-2-4-10-7-9(8-11(16-10)17-13)12(18)15-5-3-6-21(14,19)20/h7-8H,2-6,13H2,1H3,(H,15,18)(H,16,17)(H2,14,19,20). The first kappa shape index (κ1) is 17.3. The van der Waals surface area contributed by atoms with Crippen LogP contribution in [-0.2, 0) is 16.4 Å². The fourth-order valence-electron chi connectivity index (χ4n) is 1.75. The number of nitrogens with one attached hydrogen (secondary N) is 2. The van der Waals surface area contributed by atoms with Crippen LogP contribution >= 0.6 is 0 Å². The third-order valence-electron chi connectivity index (χ3n) is 2.69. The second-order valence-electron chi connectivity index (χ2n) is 4.60. The van der Waals surface area contributed by atoms with Gasteiger partial charge in [-0.1, -0.05) is 13.3 Å². The number of aryl methyl sites for hydroxylation is 1. The van der Waals surface area contributed by atoms with E-state index in [-0.39, 0.29) is 24.6 Å². The van der Waals surface area contributed by atoms with E-state index in [2.05, 4.69) is 15.7 Å². The maximum absolute atomic E-state index is 12.0. The van der Waals surface area contributed by atoms with Crippen LogP contribution in [0.5, 0.6) is 0 Å². The average molecular weight is 315 g/mol. The van der Waals surface area contributed by atoms with Crippen LogP contribution in [0.2, 0.25) is 0 Å².